The molecule has 1 N–H and O–H groups in total. The topological polar surface area (TPSA) is 15.3 Å². The van der Waals surface area contributed by atoms with Crippen LogP contribution in [0.5, 0.6) is 0 Å². The summed E-state index contributed by atoms with van der Waals surface area (Å²) < 4.78 is 0. The first-order chi connectivity index (χ1) is 7.35. The first kappa shape index (κ1) is 11.4. The molecule has 0 bridgehead atoms. The molecule has 15 heavy (non-hydrogen) atoms. The van der Waals surface area contributed by atoms with E-state index in [-0.39, 0.29) is 0 Å². The van der Waals surface area contributed by atoms with Gasteiger partial charge in [0.05, 0.1) is 0 Å². The average molecular weight is 210 g/mol. The lowest BCUT2D eigenvalue weighted by Gasteiger charge is -2.44. The third-order valence-corrected chi connectivity index (χ3v) is 4.51. The molecule has 0 atom stereocenters. The summed E-state index contributed by atoms with van der Waals surface area (Å²) in [6.07, 6.45) is 10.5. The standard InChI is InChI=1S/C13H26N2/c1-14-9-12-15-10-7-13(8-11-15)5-3-2-4-6-13/h14H,2-12H2,1H3. The predicted octanol–water partition coefficient (Wildman–Crippen LogP) is 2.25. The Bertz CT molecular complexity index is 175. The summed E-state index contributed by atoms with van der Waals surface area (Å²) in [5, 5.41) is 3.24. The lowest BCUT2D eigenvalue weighted by molar-refractivity contribution is 0.0686. The van der Waals surface area contributed by atoms with Crippen LogP contribution in [0.2, 0.25) is 0 Å². The van der Waals surface area contributed by atoms with Crippen molar-refractivity contribution in [1.29, 1.82) is 0 Å². The second-order valence-corrected chi connectivity index (χ2v) is 5.51. The first-order valence-electron chi connectivity index (χ1n) is 6.72. The highest BCUT2D eigenvalue weighted by Crippen LogP contribution is 2.44. The third-order valence-electron chi connectivity index (χ3n) is 4.51. The normalized spacial score (nSPS) is 27.0. The molecule has 1 saturated carbocycles. The largest absolute Gasteiger partial charge is 0.318 e. The molecule has 2 rings (SSSR count). The quantitative estimate of drug-likeness (QED) is 0.768. The number of rotatable bonds is 3. The van der Waals surface area contributed by atoms with Crippen LogP contribution >= 0.6 is 0 Å². The number of hydrogen-bond donors (Lipinski definition) is 1. The lowest BCUT2D eigenvalue weighted by Crippen LogP contribution is -2.43. The van der Waals surface area contributed by atoms with Gasteiger partial charge in [-0.2, -0.15) is 0 Å². The van der Waals surface area contributed by atoms with E-state index < -0.39 is 0 Å². The first-order valence-corrected chi connectivity index (χ1v) is 6.72. The molecule has 2 nitrogen and oxygen atoms in total. The third kappa shape index (κ3) is 2.94. The van der Waals surface area contributed by atoms with Crippen molar-refractivity contribution in [3.63, 3.8) is 0 Å². The van der Waals surface area contributed by atoms with Gasteiger partial charge in [-0.3, -0.25) is 0 Å². The van der Waals surface area contributed by atoms with E-state index >= 15 is 0 Å². The molecule has 0 radical (unpaired) electrons. The predicted molar refractivity (Wildman–Crippen MR) is 65.1 cm³/mol. The van der Waals surface area contributed by atoms with Gasteiger partial charge in [0.2, 0.25) is 0 Å². The van der Waals surface area contributed by atoms with Gasteiger partial charge in [0.1, 0.15) is 0 Å². The molecule has 88 valence electrons. The Morgan fingerprint density at radius 1 is 1.00 bits per heavy atom. The number of likely N-dealkylation sites (N-methyl/N-ethyl adjacent to an activating group) is 1. The smallest absolute Gasteiger partial charge is 0.0107 e. The maximum absolute atomic E-state index is 3.24. The van der Waals surface area contributed by atoms with Crippen molar-refractivity contribution in [2.45, 2.75) is 44.9 Å². The molecule has 0 aromatic heterocycles. The van der Waals surface area contributed by atoms with Crippen LogP contribution in [-0.2, 0) is 0 Å². The van der Waals surface area contributed by atoms with Crippen molar-refractivity contribution >= 4 is 0 Å². The van der Waals surface area contributed by atoms with Gasteiger partial charge in [-0.1, -0.05) is 19.3 Å². The van der Waals surface area contributed by atoms with Crippen LogP contribution in [0.3, 0.4) is 0 Å². The molecule has 0 amide bonds. The van der Waals surface area contributed by atoms with Crippen LogP contribution in [0.15, 0.2) is 0 Å². The van der Waals surface area contributed by atoms with Gasteiger partial charge < -0.3 is 10.2 Å². The van der Waals surface area contributed by atoms with Crippen LogP contribution in [0, 0.1) is 5.41 Å². The zero-order chi connectivity index (χ0) is 10.6. The van der Waals surface area contributed by atoms with Crippen LogP contribution in [-0.4, -0.2) is 38.1 Å². The fraction of sp³-hybridized carbons (Fsp3) is 1.00. The van der Waals surface area contributed by atoms with Crippen molar-refractivity contribution in [3.8, 4) is 0 Å². The van der Waals surface area contributed by atoms with E-state index in [0.717, 1.165) is 12.0 Å². The minimum Gasteiger partial charge on any atom is -0.318 e. The summed E-state index contributed by atoms with van der Waals surface area (Å²) in [6.45, 7) is 5.09. The van der Waals surface area contributed by atoms with Gasteiger partial charge in [-0.05, 0) is 51.2 Å². The van der Waals surface area contributed by atoms with Gasteiger partial charge in [0, 0.05) is 13.1 Å². The van der Waals surface area contributed by atoms with E-state index in [0.29, 0.717) is 0 Å². The fourth-order valence-corrected chi connectivity index (χ4v) is 3.32. The summed E-state index contributed by atoms with van der Waals surface area (Å²) in [5.41, 5.74) is 0.772. The zero-order valence-corrected chi connectivity index (χ0v) is 10.2. The summed E-state index contributed by atoms with van der Waals surface area (Å²) in [5.74, 6) is 0. The van der Waals surface area contributed by atoms with E-state index in [1.807, 2.05) is 7.05 Å². The Balaban J connectivity index is 1.75. The van der Waals surface area contributed by atoms with Gasteiger partial charge in [-0.15, -0.1) is 0 Å². The molecular formula is C13H26N2. The minimum atomic E-state index is 0.772. The molecule has 2 aliphatic rings. The molecule has 1 spiro atoms. The van der Waals surface area contributed by atoms with Crippen molar-refractivity contribution in [2.24, 2.45) is 5.41 Å². The summed E-state index contributed by atoms with van der Waals surface area (Å²) >= 11 is 0. The van der Waals surface area contributed by atoms with Crippen molar-refractivity contribution in [1.82, 2.24) is 10.2 Å². The molecule has 1 saturated heterocycles. The maximum Gasteiger partial charge on any atom is 0.0107 e. The summed E-state index contributed by atoms with van der Waals surface area (Å²) in [4.78, 5) is 2.64. The van der Waals surface area contributed by atoms with Crippen LogP contribution in [0.4, 0.5) is 0 Å². The zero-order valence-electron chi connectivity index (χ0n) is 10.2. The molecule has 2 fully saturated rings. The molecule has 0 unspecified atom stereocenters. The summed E-state index contributed by atoms with van der Waals surface area (Å²) in [6, 6.07) is 0. The number of piperidine rings is 1. The Hall–Kier alpha value is -0.0800. The number of nitrogens with one attached hydrogen (secondary N) is 1. The van der Waals surface area contributed by atoms with Gasteiger partial charge in [0.15, 0.2) is 0 Å². The SMILES string of the molecule is CNCCN1CCC2(CCCCC2)CC1. The van der Waals surface area contributed by atoms with E-state index in [1.165, 1.54) is 64.6 Å². The van der Waals surface area contributed by atoms with E-state index in [4.69, 9.17) is 0 Å². The van der Waals surface area contributed by atoms with E-state index in [1.54, 1.807) is 0 Å². The molecule has 0 aromatic rings. The Kier molecular flexibility index (Phi) is 4.04. The Morgan fingerprint density at radius 3 is 2.27 bits per heavy atom. The number of nitrogens with zero attached hydrogens (tertiary/aromatic N) is 1. The van der Waals surface area contributed by atoms with E-state index in [2.05, 4.69) is 10.2 Å². The fourth-order valence-electron chi connectivity index (χ4n) is 3.32. The lowest BCUT2D eigenvalue weighted by atomic mass is 9.68. The Morgan fingerprint density at radius 2 is 1.67 bits per heavy atom. The van der Waals surface area contributed by atoms with Crippen molar-refractivity contribution in [3.05, 3.63) is 0 Å². The molecular weight excluding hydrogens is 184 g/mol. The second-order valence-electron chi connectivity index (χ2n) is 5.51. The van der Waals surface area contributed by atoms with Crippen LogP contribution in [0.1, 0.15) is 44.9 Å². The highest BCUT2D eigenvalue weighted by Gasteiger charge is 2.34. The maximum atomic E-state index is 3.24. The van der Waals surface area contributed by atoms with Gasteiger partial charge in [-0.25, -0.2) is 0 Å². The molecule has 2 heteroatoms. The van der Waals surface area contributed by atoms with Crippen molar-refractivity contribution < 1.29 is 0 Å². The molecule has 1 aliphatic carbocycles. The van der Waals surface area contributed by atoms with Gasteiger partial charge in [0.25, 0.3) is 0 Å². The summed E-state index contributed by atoms with van der Waals surface area (Å²) in [7, 11) is 2.05. The second kappa shape index (κ2) is 5.31. The highest BCUT2D eigenvalue weighted by atomic mass is 15.1. The van der Waals surface area contributed by atoms with Crippen molar-refractivity contribution in [2.75, 3.05) is 33.2 Å². The number of likely N-dealkylation sites (tertiary alicyclic amines) is 1. The van der Waals surface area contributed by atoms with Crippen LogP contribution in [0.25, 0.3) is 0 Å². The number of hydrogen-bond acceptors (Lipinski definition) is 2. The Labute approximate surface area is 94.4 Å². The average Bonchev–Trinajstić information content (AvgIpc) is 2.30. The molecule has 0 aromatic carbocycles. The highest BCUT2D eigenvalue weighted by molar-refractivity contribution is 4.88. The molecule has 1 heterocycles. The minimum absolute atomic E-state index is 0.772. The van der Waals surface area contributed by atoms with Crippen LogP contribution < -0.4 is 5.32 Å². The van der Waals surface area contributed by atoms with Gasteiger partial charge >= 0.3 is 0 Å². The molecule has 1 aliphatic heterocycles. The monoisotopic (exact) mass is 210 g/mol. The van der Waals surface area contributed by atoms with E-state index in [9.17, 15) is 0 Å².